The number of nitrogens with zero attached hydrogens (tertiary/aromatic N) is 2. The highest BCUT2D eigenvalue weighted by Gasteiger charge is 2.14. The van der Waals surface area contributed by atoms with E-state index in [0.717, 1.165) is 27.9 Å². The third-order valence-electron chi connectivity index (χ3n) is 4.20. The van der Waals surface area contributed by atoms with E-state index < -0.39 is 5.91 Å². The number of rotatable bonds is 6. The molecule has 3 rings (SSSR count). The monoisotopic (exact) mass is 337 g/mol. The molecule has 25 heavy (non-hydrogen) atoms. The average molecular weight is 337 g/mol. The predicted octanol–water partition coefficient (Wildman–Crippen LogP) is 3.53. The Hall–Kier alpha value is -2.82. The van der Waals surface area contributed by atoms with E-state index in [1.807, 2.05) is 41.8 Å². The number of amides is 1. The number of aromatic nitrogens is 2. The van der Waals surface area contributed by atoms with E-state index >= 15 is 0 Å². The Morgan fingerprint density at radius 3 is 2.72 bits per heavy atom. The van der Waals surface area contributed by atoms with Crippen molar-refractivity contribution >= 4 is 16.9 Å². The van der Waals surface area contributed by atoms with Crippen LogP contribution < -0.4 is 10.5 Å². The second-order valence-electron chi connectivity index (χ2n) is 6.55. The van der Waals surface area contributed by atoms with Crippen molar-refractivity contribution in [3.63, 3.8) is 0 Å². The fourth-order valence-electron chi connectivity index (χ4n) is 2.95. The van der Waals surface area contributed by atoms with E-state index in [1.165, 1.54) is 0 Å². The van der Waals surface area contributed by atoms with Crippen LogP contribution in [0.5, 0.6) is 5.75 Å². The van der Waals surface area contributed by atoms with Crippen molar-refractivity contribution < 1.29 is 9.53 Å². The molecule has 1 heterocycles. The van der Waals surface area contributed by atoms with E-state index in [9.17, 15) is 4.79 Å². The minimum atomic E-state index is -0.400. The molecule has 2 aromatic carbocycles. The van der Waals surface area contributed by atoms with Crippen molar-refractivity contribution in [2.75, 3.05) is 0 Å². The van der Waals surface area contributed by atoms with Crippen molar-refractivity contribution in [3.8, 4) is 5.75 Å². The van der Waals surface area contributed by atoms with Gasteiger partial charge in [0.1, 0.15) is 24.7 Å². The summed E-state index contributed by atoms with van der Waals surface area (Å²) in [5, 5.41) is 0. The van der Waals surface area contributed by atoms with Crippen LogP contribution >= 0.6 is 0 Å². The van der Waals surface area contributed by atoms with Crippen LogP contribution in [0.4, 0.5) is 0 Å². The number of ether oxygens (including phenoxy) is 1. The second kappa shape index (κ2) is 6.97. The van der Waals surface area contributed by atoms with Gasteiger partial charge in [0.15, 0.2) is 0 Å². The van der Waals surface area contributed by atoms with Crippen LogP contribution in [0.2, 0.25) is 0 Å². The molecule has 0 bridgehead atoms. The summed E-state index contributed by atoms with van der Waals surface area (Å²) in [6.45, 7) is 6.69. The summed E-state index contributed by atoms with van der Waals surface area (Å²) in [5.74, 6) is 1.51. The summed E-state index contributed by atoms with van der Waals surface area (Å²) in [7, 11) is 0. The van der Waals surface area contributed by atoms with E-state index in [4.69, 9.17) is 10.5 Å². The highest BCUT2D eigenvalue weighted by atomic mass is 16.5. The number of aryl methyl sites for hydroxylation is 1. The Morgan fingerprint density at radius 2 is 2.00 bits per heavy atom. The first-order valence-electron chi connectivity index (χ1n) is 8.41. The molecule has 0 aliphatic rings. The number of carbonyl (C=O) groups is 1. The molecule has 0 saturated carbocycles. The number of hydrogen-bond acceptors (Lipinski definition) is 3. The first kappa shape index (κ1) is 17.0. The maximum atomic E-state index is 11.5. The van der Waals surface area contributed by atoms with Gasteiger partial charge in [-0.1, -0.05) is 38.1 Å². The van der Waals surface area contributed by atoms with Crippen LogP contribution in [0, 0.1) is 6.92 Å². The van der Waals surface area contributed by atoms with Crippen LogP contribution in [0.25, 0.3) is 11.0 Å². The Balaban J connectivity index is 1.94. The zero-order valence-electron chi connectivity index (χ0n) is 14.8. The van der Waals surface area contributed by atoms with Crippen molar-refractivity contribution in [3.05, 3.63) is 59.4 Å². The molecular formula is C20H23N3O2. The fraction of sp³-hybridized carbons (Fsp3) is 0.300. The predicted molar refractivity (Wildman–Crippen MR) is 98.5 cm³/mol. The van der Waals surface area contributed by atoms with Gasteiger partial charge in [-0.25, -0.2) is 4.98 Å². The molecule has 0 aliphatic carbocycles. The highest BCUT2D eigenvalue weighted by molar-refractivity contribution is 5.80. The summed E-state index contributed by atoms with van der Waals surface area (Å²) < 4.78 is 7.90. The fourth-order valence-corrected chi connectivity index (χ4v) is 2.95. The van der Waals surface area contributed by atoms with Crippen LogP contribution in [-0.2, 0) is 17.9 Å². The molecule has 2 N–H and O–H groups in total. The van der Waals surface area contributed by atoms with E-state index in [-0.39, 0.29) is 13.2 Å². The van der Waals surface area contributed by atoms with Gasteiger partial charge in [-0.05, 0) is 42.2 Å². The maximum Gasteiger partial charge on any atom is 0.237 e. The van der Waals surface area contributed by atoms with Crippen LogP contribution in [0.3, 0.4) is 0 Å². The molecule has 130 valence electrons. The summed E-state index contributed by atoms with van der Waals surface area (Å²) in [4.78, 5) is 16.1. The Labute approximate surface area is 147 Å². The third kappa shape index (κ3) is 3.65. The maximum absolute atomic E-state index is 11.5. The average Bonchev–Trinajstić information content (AvgIpc) is 2.90. The van der Waals surface area contributed by atoms with Gasteiger partial charge in [0.25, 0.3) is 0 Å². The number of imidazole rings is 1. The zero-order chi connectivity index (χ0) is 18.0. The Bertz CT molecular complexity index is 912. The summed E-state index contributed by atoms with van der Waals surface area (Å²) in [6.07, 6.45) is 0. The Morgan fingerprint density at radius 1 is 1.24 bits per heavy atom. The van der Waals surface area contributed by atoms with Crippen LogP contribution in [0.15, 0.2) is 42.5 Å². The van der Waals surface area contributed by atoms with Gasteiger partial charge < -0.3 is 15.0 Å². The molecule has 5 nitrogen and oxygen atoms in total. The van der Waals surface area contributed by atoms with Gasteiger partial charge in [0.2, 0.25) is 5.91 Å². The first-order valence-corrected chi connectivity index (χ1v) is 8.41. The number of para-hydroxylation sites is 2. The van der Waals surface area contributed by atoms with Crippen LogP contribution in [0.1, 0.15) is 36.7 Å². The molecule has 0 unspecified atom stereocenters. The lowest BCUT2D eigenvalue weighted by molar-refractivity contribution is -0.118. The number of nitrogens with two attached hydrogens (primary N) is 1. The van der Waals surface area contributed by atoms with Gasteiger partial charge in [-0.15, -0.1) is 0 Å². The normalized spacial score (nSPS) is 11.2. The second-order valence-corrected chi connectivity index (χ2v) is 6.55. The molecule has 1 amide bonds. The van der Waals surface area contributed by atoms with Crippen molar-refractivity contribution in [1.29, 1.82) is 0 Å². The first-order chi connectivity index (χ1) is 12.0. The molecule has 0 radical (unpaired) electrons. The number of hydrogen-bond donors (Lipinski definition) is 1. The molecule has 0 fully saturated rings. The number of primary amides is 1. The quantitative estimate of drug-likeness (QED) is 0.748. The van der Waals surface area contributed by atoms with Crippen molar-refractivity contribution in [2.24, 2.45) is 5.73 Å². The van der Waals surface area contributed by atoms with Crippen molar-refractivity contribution in [1.82, 2.24) is 9.55 Å². The topological polar surface area (TPSA) is 70.1 Å². The summed E-state index contributed by atoms with van der Waals surface area (Å²) in [5.41, 5.74) is 9.42. The van der Waals surface area contributed by atoms with E-state index in [1.54, 1.807) is 0 Å². The molecule has 0 aliphatic heterocycles. The lowest BCUT2D eigenvalue weighted by Gasteiger charge is -2.15. The lowest BCUT2D eigenvalue weighted by atomic mass is 10.0. The lowest BCUT2D eigenvalue weighted by Crippen LogP contribution is -2.20. The standard InChI is InChI=1S/C20H23N3O2/c1-13(2)15-9-8-14(3)10-18(15)25-12-20-22-16-6-4-5-7-17(16)23(20)11-19(21)24/h4-10,13H,11-12H2,1-3H3,(H2,21,24). The number of fused-ring (bicyclic) bond motifs is 1. The summed E-state index contributed by atoms with van der Waals surface area (Å²) in [6, 6.07) is 13.9. The highest BCUT2D eigenvalue weighted by Crippen LogP contribution is 2.28. The molecule has 1 aromatic heterocycles. The zero-order valence-corrected chi connectivity index (χ0v) is 14.8. The van der Waals surface area contributed by atoms with Crippen molar-refractivity contribution in [2.45, 2.75) is 39.8 Å². The van der Waals surface area contributed by atoms with Gasteiger partial charge >= 0.3 is 0 Å². The molecule has 0 atom stereocenters. The molecule has 0 saturated heterocycles. The smallest absolute Gasteiger partial charge is 0.237 e. The number of benzene rings is 2. The minimum absolute atomic E-state index is 0.0874. The van der Waals surface area contributed by atoms with Crippen LogP contribution in [-0.4, -0.2) is 15.5 Å². The van der Waals surface area contributed by atoms with E-state index in [0.29, 0.717) is 11.7 Å². The molecule has 5 heteroatoms. The Kier molecular flexibility index (Phi) is 4.74. The third-order valence-corrected chi connectivity index (χ3v) is 4.20. The summed E-state index contributed by atoms with van der Waals surface area (Å²) >= 11 is 0. The van der Waals surface area contributed by atoms with Gasteiger partial charge in [-0.3, -0.25) is 4.79 Å². The van der Waals surface area contributed by atoms with Gasteiger partial charge in [0.05, 0.1) is 11.0 Å². The van der Waals surface area contributed by atoms with Gasteiger partial charge in [-0.2, -0.15) is 0 Å². The molecule has 0 spiro atoms. The SMILES string of the molecule is Cc1ccc(C(C)C)c(OCc2nc3ccccc3n2CC(N)=O)c1. The molecule has 3 aromatic rings. The molecular weight excluding hydrogens is 314 g/mol. The van der Waals surface area contributed by atoms with Gasteiger partial charge in [0, 0.05) is 0 Å². The number of carbonyl (C=O) groups excluding carboxylic acids is 1. The largest absolute Gasteiger partial charge is 0.485 e. The van der Waals surface area contributed by atoms with E-state index in [2.05, 4.69) is 31.0 Å². The minimum Gasteiger partial charge on any atom is -0.485 e.